The van der Waals surface area contributed by atoms with Crippen LogP contribution in [-0.2, 0) is 15.0 Å². The monoisotopic (exact) mass is 284 g/mol. The van der Waals surface area contributed by atoms with E-state index in [4.69, 9.17) is 10.9 Å². The molecule has 1 fully saturated rings. The van der Waals surface area contributed by atoms with Gasteiger partial charge in [0.1, 0.15) is 0 Å². The van der Waals surface area contributed by atoms with Crippen molar-refractivity contribution in [1.82, 2.24) is 0 Å². The Hall–Kier alpha value is -1.64. The molecule has 2 rings (SSSR count). The van der Waals surface area contributed by atoms with Crippen LogP contribution in [0.2, 0.25) is 0 Å². The molecule has 1 saturated carbocycles. The van der Waals surface area contributed by atoms with Gasteiger partial charge in [-0.2, -0.15) is 8.42 Å². The smallest absolute Gasteiger partial charge is 0.296 e. The highest BCUT2D eigenvalue weighted by atomic mass is 32.2. The molecule has 6 N–H and O–H groups in total. The van der Waals surface area contributed by atoms with E-state index in [0.717, 1.165) is 6.42 Å². The predicted molar refractivity (Wildman–Crippen MR) is 72.6 cm³/mol. The van der Waals surface area contributed by atoms with Crippen molar-refractivity contribution in [3.63, 3.8) is 0 Å². The molecule has 1 aliphatic rings. The van der Waals surface area contributed by atoms with Crippen LogP contribution in [0.5, 0.6) is 0 Å². The first kappa shape index (κ1) is 13.8. The lowest BCUT2D eigenvalue weighted by molar-refractivity contribution is -0.123. The molecule has 0 aliphatic heterocycles. The zero-order valence-electron chi connectivity index (χ0n) is 10.2. The van der Waals surface area contributed by atoms with Crippen LogP contribution in [0, 0.1) is 0 Å². The molecule has 0 spiro atoms. The number of nitrogens with two attached hydrogens (primary N) is 2. The number of benzene rings is 1. The molecule has 0 unspecified atom stereocenters. The van der Waals surface area contributed by atoms with Gasteiger partial charge in [0.05, 0.1) is 11.2 Å². The Morgan fingerprint density at radius 1 is 1.26 bits per heavy atom. The van der Waals surface area contributed by atoms with Gasteiger partial charge in [-0.3, -0.25) is 9.52 Å². The van der Waals surface area contributed by atoms with Gasteiger partial charge in [0.2, 0.25) is 5.91 Å². The van der Waals surface area contributed by atoms with Gasteiger partial charge in [-0.1, -0.05) is 6.07 Å². The van der Waals surface area contributed by atoms with Crippen LogP contribution in [0.4, 0.5) is 11.4 Å². The van der Waals surface area contributed by atoms with E-state index in [0.29, 0.717) is 18.5 Å². The lowest BCUT2D eigenvalue weighted by atomic mass is 9.77. The summed E-state index contributed by atoms with van der Waals surface area (Å²) in [7, 11) is -3.83. The maximum Gasteiger partial charge on any atom is 0.296 e. The fraction of sp³-hybridized carbons (Fsp3) is 0.364. The van der Waals surface area contributed by atoms with Gasteiger partial charge in [-0.05, 0) is 37.5 Å². The Labute approximate surface area is 111 Å². The molecule has 1 amide bonds. The van der Waals surface area contributed by atoms with E-state index in [1.165, 1.54) is 12.1 Å². The molecule has 0 bridgehead atoms. The van der Waals surface area contributed by atoms with E-state index in [2.05, 4.69) is 10.0 Å². The number of nitrogens with one attached hydrogen (secondary N) is 2. The molecule has 7 nitrogen and oxygen atoms in total. The quantitative estimate of drug-likeness (QED) is 0.626. The third-order valence-corrected chi connectivity index (χ3v) is 3.60. The number of rotatable bonds is 4. The number of carbonyl (C=O) groups excluding carboxylic acids is 1. The van der Waals surface area contributed by atoms with E-state index in [9.17, 15) is 13.2 Å². The average Bonchev–Trinajstić information content (AvgIpc) is 2.23. The number of amides is 1. The normalized spacial score (nSPS) is 17.4. The Bertz CT molecular complexity index is 596. The zero-order valence-corrected chi connectivity index (χ0v) is 11.0. The molecule has 1 aromatic rings. The Morgan fingerprint density at radius 3 is 2.42 bits per heavy atom. The lowest BCUT2D eigenvalue weighted by Gasteiger charge is -2.36. The first-order valence-electron chi connectivity index (χ1n) is 5.79. The number of carbonyl (C=O) groups is 1. The first-order valence-corrected chi connectivity index (χ1v) is 7.34. The minimum absolute atomic E-state index is 0.258. The van der Waals surface area contributed by atoms with E-state index in [1.807, 2.05) is 0 Å². The molecule has 0 radical (unpaired) electrons. The van der Waals surface area contributed by atoms with Crippen molar-refractivity contribution in [2.45, 2.75) is 24.8 Å². The van der Waals surface area contributed by atoms with Crippen molar-refractivity contribution in [1.29, 1.82) is 0 Å². The molecule has 0 heterocycles. The molecule has 19 heavy (non-hydrogen) atoms. The summed E-state index contributed by atoms with van der Waals surface area (Å²) in [4.78, 5) is 11.9. The van der Waals surface area contributed by atoms with Crippen LogP contribution < -0.4 is 20.9 Å². The number of hydrogen-bond acceptors (Lipinski definition) is 4. The van der Waals surface area contributed by atoms with Crippen LogP contribution in [0.15, 0.2) is 24.3 Å². The Kier molecular flexibility index (Phi) is 3.48. The molecular weight excluding hydrogens is 268 g/mol. The number of hydrogen-bond donors (Lipinski definition) is 4. The molecule has 1 aromatic carbocycles. The van der Waals surface area contributed by atoms with Crippen molar-refractivity contribution in [3.8, 4) is 0 Å². The number of anilines is 2. The highest BCUT2D eigenvalue weighted by Gasteiger charge is 2.40. The van der Waals surface area contributed by atoms with Gasteiger partial charge in [0, 0.05) is 5.69 Å². The summed E-state index contributed by atoms with van der Waals surface area (Å²) in [5.74, 6) is -0.258. The van der Waals surface area contributed by atoms with Gasteiger partial charge >= 0.3 is 0 Å². The molecule has 0 atom stereocenters. The van der Waals surface area contributed by atoms with Crippen molar-refractivity contribution in [2.24, 2.45) is 10.9 Å². The summed E-state index contributed by atoms with van der Waals surface area (Å²) < 4.78 is 23.9. The van der Waals surface area contributed by atoms with E-state index in [-0.39, 0.29) is 11.6 Å². The fourth-order valence-electron chi connectivity index (χ4n) is 1.87. The van der Waals surface area contributed by atoms with E-state index >= 15 is 0 Å². The highest BCUT2D eigenvalue weighted by Crippen LogP contribution is 2.30. The summed E-state index contributed by atoms with van der Waals surface area (Å²) in [5.41, 5.74) is 5.83. The van der Waals surface area contributed by atoms with E-state index in [1.54, 1.807) is 12.1 Å². The van der Waals surface area contributed by atoms with E-state index < -0.39 is 15.7 Å². The van der Waals surface area contributed by atoms with Crippen LogP contribution in [0.1, 0.15) is 19.3 Å². The summed E-state index contributed by atoms with van der Waals surface area (Å²) in [6.07, 6.45) is 2.26. The van der Waals surface area contributed by atoms with Gasteiger partial charge in [0.25, 0.3) is 10.2 Å². The minimum atomic E-state index is -3.83. The summed E-state index contributed by atoms with van der Waals surface area (Å²) >= 11 is 0. The molecule has 8 heteroatoms. The van der Waals surface area contributed by atoms with Gasteiger partial charge in [-0.25, -0.2) is 5.14 Å². The second-order valence-corrected chi connectivity index (χ2v) is 5.99. The molecule has 0 saturated heterocycles. The van der Waals surface area contributed by atoms with Crippen molar-refractivity contribution in [2.75, 3.05) is 10.0 Å². The maximum absolute atomic E-state index is 11.9. The van der Waals surface area contributed by atoms with Crippen LogP contribution in [0.3, 0.4) is 0 Å². The van der Waals surface area contributed by atoms with Crippen LogP contribution in [-0.4, -0.2) is 19.9 Å². The SMILES string of the molecule is NC1(C(=O)Nc2cccc(NS(N)(=O)=O)c2)CCC1. The van der Waals surface area contributed by atoms with Crippen molar-refractivity contribution >= 4 is 27.5 Å². The first-order chi connectivity index (χ1) is 8.78. The molecule has 0 aromatic heterocycles. The van der Waals surface area contributed by atoms with Gasteiger partial charge in [0.15, 0.2) is 0 Å². The third kappa shape index (κ3) is 3.43. The summed E-state index contributed by atoms with van der Waals surface area (Å²) in [6.45, 7) is 0. The molecule has 104 valence electrons. The minimum Gasteiger partial charge on any atom is -0.324 e. The second-order valence-electron chi connectivity index (χ2n) is 4.69. The standard InChI is InChI=1S/C11H16N4O3S/c12-11(5-2-6-11)10(16)14-8-3-1-4-9(7-8)15-19(13,17)18/h1,3-4,7,15H,2,5-6,12H2,(H,14,16)(H2,13,17,18). The Morgan fingerprint density at radius 2 is 1.89 bits per heavy atom. The predicted octanol–water partition coefficient (Wildman–Crippen LogP) is 0.122. The highest BCUT2D eigenvalue weighted by molar-refractivity contribution is 7.90. The average molecular weight is 284 g/mol. The van der Waals surface area contributed by atoms with Crippen LogP contribution >= 0.6 is 0 Å². The molecular formula is C11H16N4O3S. The van der Waals surface area contributed by atoms with Crippen molar-refractivity contribution < 1.29 is 13.2 Å². The van der Waals surface area contributed by atoms with Crippen molar-refractivity contribution in [3.05, 3.63) is 24.3 Å². The van der Waals surface area contributed by atoms with Gasteiger partial charge < -0.3 is 11.1 Å². The zero-order chi connectivity index (χ0) is 14.1. The third-order valence-electron chi connectivity index (χ3n) is 3.08. The second kappa shape index (κ2) is 4.80. The maximum atomic E-state index is 11.9. The van der Waals surface area contributed by atoms with Gasteiger partial charge in [-0.15, -0.1) is 0 Å². The topological polar surface area (TPSA) is 127 Å². The Balaban J connectivity index is 2.09. The largest absolute Gasteiger partial charge is 0.324 e. The summed E-state index contributed by atoms with van der Waals surface area (Å²) in [6, 6.07) is 6.26. The van der Waals surface area contributed by atoms with Crippen LogP contribution in [0.25, 0.3) is 0 Å². The lowest BCUT2D eigenvalue weighted by Crippen LogP contribution is -2.56. The molecule has 1 aliphatic carbocycles. The fourth-order valence-corrected chi connectivity index (χ4v) is 2.32. The summed E-state index contributed by atoms with van der Waals surface area (Å²) in [5, 5.41) is 7.54.